The van der Waals surface area contributed by atoms with Gasteiger partial charge in [0.15, 0.2) is 11.5 Å². The third kappa shape index (κ3) is 4.95. The van der Waals surface area contributed by atoms with E-state index in [4.69, 9.17) is 9.47 Å². The van der Waals surface area contributed by atoms with Gasteiger partial charge in [-0.1, -0.05) is 51.6 Å². The maximum absolute atomic E-state index is 10.2. The second-order valence-corrected chi connectivity index (χ2v) is 8.99. The third-order valence-corrected chi connectivity index (χ3v) is 7.35. The summed E-state index contributed by atoms with van der Waals surface area (Å²) in [6.45, 7) is 15.4. The first-order chi connectivity index (χ1) is 16.4. The minimum atomic E-state index is -0.275. The summed E-state index contributed by atoms with van der Waals surface area (Å²) in [4.78, 5) is 6.08. The molecule has 0 radical (unpaired) electrons. The third-order valence-electron chi connectivity index (χ3n) is 6.18. The van der Waals surface area contributed by atoms with Crippen LogP contribution in [0.3, 0.4) is 0 Å². The zero-order valence-electron chi connectivity index (χ0n) is 20.8. The molecule has 0 bridgehead atoms. The molecular weight excluding hydrogens is 446 g/mol. The van der Waals surface area contributed by atoms with Crippen molar-refractivity contribution >= 4 is 23.1 Å². The van der Waals surface area contributed by atoms with E-state index < -0.39 is 0 Å². The van der Waals surface area contributed by atoms with Crippen molar-refractivity contribution in [3.8, 4) is 23.6 Å². The Morgan fingerprint density at radius 3 is 1.88 bits per heavy atom. The van der Waals surface area contributed by atoms with E-state index in [1.165, 1.54) is 11.8 Å². The molecule has 0 amide bonds. The summed E-state index contributed by atoms with van der Waals surface area (Å²) in [6, 6.07) is 12.4. The Balaban J connectivity index is 2.22. The Bertz CT molecular complexity index is 1010. The van der Waals surface area contributed by atoms with Gasteiger partial charge in [0.25, 0.3) is 0 Å². The number of nitriles is 2. The lowest BCUT2D eigenvalue weighted by Crippen LogP contribution is -2.38. The minimum absolute atomic E-state index is 0.189. The predicted molar refractivity (Wildman–Crippen MR) is 136 cm³/mol. The number of para-hydroxylation sites is 1. The van der Waals surface area contributed by atoms with Gasteiger partial charge in [-0.25, -0.2) is 0 Å². The second kappa shape index (κ2) is 11.5. The molecule has 2 aromatic rings. The zero-order valence-corrected chi connectivity index (χ0v) is 21.6. The van der Waals surface area contributed by atoms with E-state index in [1.54, 1.807) is 0 Å². The Morgan fingerprint density at radius 2 is 1.35 bits per heavy atom. The lowest BCUT2D eigenvalue weighted by atomic mass is 10.0. The molecule has 0 saturated carbocycles. The molecule has 2 atom stereocenters. The number of benzene rings is 2. The summed E-state index contributed by atoms with van der Waals surface area (Å²) >= 11 is 1.53. The highest BCUT2D eigenvalue weighted by molar-refractivity contribution is 7.99. The van der Waals surface area contributed by atoms with E-state index in [0.29, 0.717) is 17.2 Å². The lowest BCUT2D eigenvalue weighted by molar-refractivity contribution is 0.0430. The number of anilines is 2. The molecule has 1 N–H and O–H groups in total. The van der Waals surface area contributed by atoms with Gasteiger partial charge in [-0.05, 0) is 52.2 Å². The van der Waals surface area contributed by atoms with Gasteiger partial charge in [-0.3, -0.25) is 9.80 Å². The maximum Gasteiger partial charge on any atom is 0.165 e. The fourth-order valence-corrected chi connectivity index (χ4v) is 5.29. The summed E-state index contributed by atoms with van der Waals surface area (Å²) in [5, 5.41) is 23.8. The first-order valence-electron chi connectivity index (χ1n) is 11.8. The number of ether oxygens (including phenoxy) is 2. The zero-order chi connectivity index (χ0) is 24.8. The molecule has 0 fully saturated rings. The lowest BCUT2D eigenvalue weighted by Gasteiger charge is -2.33. The summed E-state index contributed by atoms with van der Waals surface area (Å²) in [5.74, 6) is 0.807. The van der Waals surface area contributed by atoms with E-state index >= 15 is 0 Å². The molecular formula is C26H33N5O2S. The monoisotopic (exact) mass is 479 g/mol. The van der Waals surface area contributed by atoms with Crippen LogP contribution in [0.4, 0.5) is 11.4 Å². The van der Waals surface area contributed by atoms with Crippen LogP contribution in [0.2, 0.25) is 0 Å². The highest BCUT2D eigenvalue weighted by atomic mass is 32.2. The minimum Gasteiger partial charge on any atom is -0.473 e. The topological polar surface area (TPSA) is 84.5 Å². The van der Waals surface area contributed by atoms with Gasteiger partial charge in [0.2, 0.25) is 0 Å². The molecule has 3 rings (SSSR count). The number of rotatable bonds is 10. The molecule has 0 spiro atoms. The van der Waals surface area contributed by atoms with Crippen LogP contribution in [0.5, 0.6) is 11.5 Å². The quantitative estimate of drug-likeness (QED) is 0.367. The van der Waals surface area contributed by atoms with Crippen molar-refractivity contribution in [2.24, 2.45) is 0 Å². The van der Waals surface area contributed by atoms with Gasteiger partial charge in [-0.15, -0.1) is 0 Å². The maximum atomic E-state index is 10.2. The molecule has 1 heterocycles. The highest BCUT2D eigenvalue weighted by Gasteiger charge is 2.33. The van der Waals surface area contributed by atoms with Crippen molar-refractivity contribution in [3.05, 3.63) is 35.4 Å². The van der Waals surface area contributed by atoms with E-state index in [9.17, 15) is 10.5 Å². The first kappa shape index (κ1) is 25.7. The van der Waals surface area contributed by atoms with Crippen LogP contribution in [0.1, 0.15) is 52.7 Å². The van der Waals surface area contributed by atoms with Crippen molar-refractivity contribution < 1.29 is 9.47 Å². The van der Waals surface area contributed by atoms with E-state index in [0.717, 1.165) is 41.7 Å². The van der Waals surface area contributed by atoms with E-state index in [2.05, 4.69) is 54.9 Å². The molecule has 2 unspecified atom stereocenters. The molecule has 34 heavy (non-hydrogen) atoms. The molecule has 7 nitrogen and oxygen atoms in total. The van der Waals surface area contributed by atoms with Crippen molar-refractivity contribution in [1.29, 1.82) is 10.5 Å². The van der Waals surface area contributed by atoms with Gasteiger partial charge in [0.05, 0.1) is 10.6 Å². The van der Waals surface area contributed by atoms with Crippen molar-refractivity contribution in [3.63, 3.8) is 0 Å². The van der Waals surface area contributed by atoms with Crippen LogP contribution in [-0.2, 0) is 0 Å². The van der Waals surface area contributed by atoms with Gasteiger partial charge in [-0.2, -0.15) is 10.5 Å². The average Bonchev–Trinajstić information content (AvgIpc) is 2.85. The number of nitrogens with one attached hydrogen (secondary N) is 1. The van der Waals surface area contributed by atoms with Crippen LogP contribution in [0, 0.1) is 22.7 Å². The smallest absolute Gasteiger partial charge is 0.165 e. The predicted octanol–water partition coefficient (Wildman–Crippen LogP) is 5.77. The highest BCUT2D eigenvalue weighted by Crippen LogP contribution is 2.55. The fraction of sp³-hybridized carbons (Fsp3) is 0.462. The Kier molecular flexibility index (Phi) is 8.68. The number of hydrogen-bond donors (Lipinski definition) is 1. The summed E-state index contributed by atoms with van der Waals surface area (Å²) in [7, 11) is 0. The van der Waals surface area contributed by atoms with Crippen molar-refractivity contribution in [2.75, 3.05) is 31.5 Å². The molecule has 1 aliphatic heterocycles. The van der Waals surface area contributed by atoms with E-state index in [1.807, 2.05) is 38.1 Å². The summed E-state index contributed by atoms with van der Waals surface area (Å²) < 4.78 is 12.8. The molecule has 1 aliphatic rings. The number of fused-ring (bicyclic) bond motifs is 2. The largest absolute Gasteiger partial charge is 0.473 e. The van der Waals surface area contributed by atoms with Gasteiger partial charge in [0, 0.05) is 4.90 Å². The van der Waals surface area contributed by atoms with Crippen LogP contribution < -0.4 is 14.8 Å². The first-order valence-corrected chi connectivity index (χ1v) is 12.6. The molecule has 0 aromatic heterocycles. The molecule has 0 aliphatic carbocycles. The van der Waals surface area contributed by atoms with Gasteiger partial charge < -0.3 is 14.8 Å². The van der Waals surface area contributed by atoms with Crippen molar-refractivity contribution in [1.82, 2.24) is 9.80 Å². The molecule has 0 saturated heterocycles. The Morgan fingerprint density at radius 1 is 0.853 bits per heavy atom. The normalized spacial score (nSPS) is 13.8. The molecule has 2 aromatic carbocycles. The molecule has 8 heteroatoms. The summed E-state index contributed by atoms with van der Waals surface area (Å²) in [5.41, 5.74) is 1.99. The number of hydrogen-bond acceptors (Lipinski definition) is 8. The average molecular weight is 480 g/mol. The van der Waals surface area contributed by atoms with Crippen LogP contribution in [0.25, 0.3) is 0 Å². The Labute approximate surface area is 207 Å². The van der Waals surface area contributed by atoms with Gasteiger partial charge in [0.1, 0.15) is 41.4 Å². The molecule has 180 valence electrons. The van der Waals surface area contributed by atoms with Crippen LogP contribution >= 0.6 is 11.8 Å². The van der Waals surface area contributed by atoms with E-state index in [-0.39, 0.29) is 23.6 Å². The second-order valence-electron chi connectivity index (χ2n) is 7.94. The van der Waals surface area contributed by atoms with Crippen LogP contribution in [-0.4, -0.2) is 48.4 Å². The standard InChI is InChI=1S/C26H33N5O2S/c1-7-30(8-2)17(5)32-24-19(15-27)20(16-28)25(33-18(6)31(9-3)10-4)26-23(24)29-21-13-11-12-14-22(21)34-26/h11-14,17-18,29H,7-10H2,1-6H3. The number of nitrogens with zero attached hydrogens (tertiary/aromatic N) is 4. The van der Waals surface area contributed by atoms with Crippen molar-refractivity contribution in [2.45, 2.75) is 63.8 Å². The summed E-state index contributed by atoms with van der Waals surface area (Å²) in [6.07, 6.45) is -0.542. The Hall–Kier alpha value is -2.91. The SMILES string of the molecule is CCN(CC)C(C)Oc1c(C#N)c(C#N)c(OC(C)N(CC)CC)c2c1Nc1ccccc1S2. The van der Waals surface area contributed by atoms with Crippen LogP contribution in [0.15, 0.2) is 34.1 Å². The fourth-order valence-electron chi connectivity index (χ4n) is 4.21. The van der Waals surface area contributed by atoms with Gasteiger partial charge >= 0.3 is 0 Å².